The molecule has 0 radical (unpaired) electrons. The summed E-state index contributed by atoms with van der Waals surface area (Å²) in [6, 6.07) is 0. The maximum absolute atomic E-state index is 3.60. The molecule has 0 unspecified atom stereocenters. The second kappa shape index (κ2) is 11.5. The molecular weight excluding hydrogens is 188 g/mol. The Morgan fingerprint density at radius 1 is 1.40 bits per heavy atom. The van der Waals surface area contributed by atoms with Gasteiger partial charge in [-0.25, -0.2) is 0 Å². The molecule has 0 aromatic rings. The molecule has 0 bridgehead atoms. The fraction of sp³-hybridized carbons (Fsp3) is 0.333. The summed E-state index contributed by atoms with van der Waals surface area (Å²) >= 11 is 3.29. The molecule has 0 atom stereocenters. The molecule has 0 spiro atoms. The summed E-state index contributed by atoms with van der Waals surface area (Å²) in [5.74, 6) is 0. The van der Waals surface area contributed by atoms with Crippen LogP contribution >= 0.6 is 15.9 Å². The first-order valence-electron chi connectivity index (χ1n) is 3.35. The topological polar surface area (TPSA) is 0 Å². The van der Waals surface area contributed by atoms with Crippen molar-refractivity contribution in [2.24, 2.45) is 0 Å². The highest BCUT2D eigenvalue weighted by atomic mass is 79.9. The van der Waals surface area contributed by atoms with Gasteiger partial charge in [-0.3, -0.25) is 0 Å². The highest BCUT2D eigenvalue weighted by molar-refractivity contribution is 9.09. The van der Waals surface area contributed by atoms with Crippen LogP contribution in [0.15, 0.2) is 37.0 Å². The maximum atomic E-state index is 3.60. The standard InChI is InChI=1S/C7H9Br.C2H6/c1-3-5-7(4-2)6-8;1-2/h3-5H,1-2,6H2;1-2H3/b7-5+;. The van der Waals surface area contributed by atoms with Crippen molar-refractivity contribution < 1.29 is 0 Å². The fourth-order valence-electron chi connectivity index (χ4n) is 0.319. The van der Waals surface area contributed by atoms with Gasteiger partial charge in [0.15, 0.2) is 0 Å². The molecule has 0 saturated carbocycles. The zero-order valence-electron chi connectivity index (χ0n) is 6.73. The molecule has 0 saturated heterocycles. The van der Waals surface area contributed by atoms with E-state index >= 15 is 0 Å². The molecule has 0 aromatic heterocycles. The van der Waals surface area contributed by atoms with Crippen molar-refractivity contribution in [3.63, 3.8) is 0 Å². The molecule has 0 heterocycles. The number of hydrogen-bond donors (Lipinski definition) is 0. The van der Waals surface area contributed by atoms with Gasteiger partial charge in [0.2, 0.25) is 0 Å². The first-order valence-corrected chi connectivity index (χ1v) is 4.47. The lowest BCUT2D eigenvalue weighted by molar-refractivity contribution is 1.50. The Balaban J connectivity index is 0. The van der Waals surface area contributed by atoms with Gasteiger partial charge in [-0.15, -0.1) is 0 Å². The first kappa shape index (κ1) is 12.4. The van der Waals surface area contributed by atoms with E-state index in [1.165, 1.54) is 0 Å². The van der Waals surface area contributed by atoms with E-state index in [9.17, 15) is 0 Å². The molecule has 0 aliphatic rings. The Labute approximate surface area is 72.5 Å². The van der Waals surface area contributed by atoms with E-state index in [0.717, 1.165) is 10.9 Å². The molecule has 0 fully saturated rings. The summed E-state index contributed by atoms with van der Waals surface area (Å²) in [4.78, 5) is 0. The normalized spacial score (nSPS) is 9.30. The van der Waals surface area contributed by atoms with Crippen molar-refractivity contribution in [2.45, 2.75) is 13.8 Å². The zero-order chi connectivity index (χ0) is 8.41. The minimum atomic E-state index is 0.850. The number of hydrogen-bond acceptors (Lipinski definition) is 0. The zero-order valence-corrected chi connectivity index (χ0v) is 8.32. The summed E-state index contributed by atoms with van der Waals surface area (Å²) < 4.78 is 0. The van der Waals surface area contributed by atoms with Crippen molar-refractivity contribution in [2.75, 3.05) is 5.33 Å². The van der Waals surface area contributed by atoms with Crippen LogP contribution in [0.1, 0.15) is 13.8 Å². The molecule has 1 heteroatoms. The molecule has 0 amide bonds. The quantitative estimate of drug-likeness (QED) is 0.484. The SMILES string of the molecule is C=C/C=C(\C=C)CBr.CC. The number of rotatable bonds is 3. The molecule has 0 nitrogen and oxygen atoms in total. The average Bonchev–Trinajstić information content (AvgIpc) is 2.04. The van der Waals surface area contributed by atoms with Gasteiger partial charge in [0.25, 0.3) is 0 Å². The molecule has 10 heavy (non-hydrogen) atoms. The summed E-state index contributed by atoms with van der Waals surface area (Å²) in [7, 11) is 0. The van der Waals surface area contributed by atoms with Crippen LogP contribution < -0.4 is 0 Å². The second-order valence-corrected chi connectivity index (χ2v) is 1.88. The number of halogens is 1. The third-order valence-corrected chi connectivity index (χ3v) is 1.40. The Bertz CT molecular complexity index is 112. The van der Waals surface area contributed by atoms with Crippen LogP contribution in [0.3, 0.4) is 0 Å². The van der Waals surface area contributed by atoms with E-state index in [1.54, 1.807) is 12.2 Å². The van der Waals surface area contributed by atoms with Crippen molar-refractivity contribution in [3.8, 4) is 0 Å². The largest absolute Gasteiger partial charge is 0.0991 e. The molecular formula is C9H15Br. The number of alkyl halides is 1. The molecule has 0 rings (SSSR count). The van der Waals surface area contributed by atoms with E-state index in [-0.39, 0.29) is 0 Å². The lowest BCUT2D eigenvalue weighted by Gasteiger charge is -1.87. The van der Waals surface area contributed by atoms with Crippen LogP contribution in [-0.2, 0) is 0 Å². The first-order chi connectivity index (χ1) is 4.85. The Hall–Kier alpha value is -0.300. The van der Waals surface area contributed by atoms with Gasteiger partial charge in [0, 0.05) is 5.33 Å². The van der Waals surface area contributed by atoms with Crippen LogP contribution in [0.5, 0.6) is 0 Å². The van der Waals surface area contributed by atoms with Crippen molar-refractivity contribution in [1.29, 1.82) is 0 Å². The lowest BCUT2D eigenvalue weighted by atomic mass is 10.3. The van der Waals surface area contributed by atoms with Crippen molar-refractivity contribution >= 4 is 15.9 Å². The van der Waals surface area contributed by atoms with Gasteiger partial charge < -0.3 is 0 Å². The third-order valence-electron chi connectivity index (χ3n) is 0.748. The molecule has 0 aromatic carbocycles. The summed E-state index contributed by atoms with van der Waals surface area (Å²) in [5, 5.41) is 0.850. The van der Waals surface area contributed by atoms with Crippen LogP contribution in [0.2, 0.25) is 0 Å². The maximum Gasteiger partial charge on any atom is 0.0282 e. The van der Waals surface area contributed by atoms with Gasteiger partial charge in [-0.05, 0) is 5.57 Å². The second-order valence-electron chi connectivity index (χ2n) is 1.32. The summed E-state index contributed by atoms with van der Waals surface area (Å²) in [6.45, 7) is 11.2. The van der Waals surface area contributed by atoms with Gasteiger partial charge in [-0.1, -0.05) is 61.2 Å². The molecule has 0 aliphatic carbocycles. The Morgan fingerprint density at radius 2 is 1.90 bits per heavy atom. The third kappa shape index (κ3) is 7.70. The van der Waals surface area contributed by atoms with Crippen LogP contribution in [0, 0.1) is 0 Å². The molecule has 58 valence electrons. The lowest BCUT2D eigenvalue weighted by Crippen LogP contribution is -1.73. The van der Waals surface area contributed by atoms with Crippen molar-refractivity contribution in [3.05, 3.63) is 37.0 Å². The minimum absolute atomic E-state index is 0.850. The van der Waals surface area contributed by atoms with E-state index in [1.807, 2.05) is 19.9 Å². The van der Waals surface area contributed by atoms with Crippen LogP contribution in [0.25, 0.3) is 0 Å². The van der Waals surface area contributed by atoms with Gasteiger partial charge in [-0.2, -0.15) is 0 Å². The summed E-state index contributed by atoms with van der Waals surface area (Å²) in [5.41, 5.74) is 1.15. The highest BCUT2D eigenvalue weighted by Crippen LogP contribution is 1.99. The fourth-order valence-corrected chi connectivity index (χ4v) is 0.734. The predicted octanol–water partition coefficient (Wildman–Crippen LogP) is 3.71. The Morgan fingerprint density at radius 3 is 2.00 bits per heavy atom. The number of allylic oxidation sites excluding steroid dienone is 4. The van der Waals surface area contributed by atoms with Gasteiger partial charge in [0.1, 0.15) is 0 Å². The van der Waals surface area contributed by atoms with E-state index < -0.39 is 0 Å². The van der Waals surface area contributed by atoms with E-state index in [2.05, 4.69) is 29.1 Å². The Kier molecular flexibility index (Phi) is 14.2. The van der Waals surface area contributed by atoms with Crippen LogP contribution in [0.4, 0.5) is 0 Å². The molecule has 0 aliphatic heterocycles. The predicted molar refractivity (Wildman–Crippen MR) is 53.6 cm³/mol. The van der Waals surface area contributed by atoms with Crippen LogP contribution in [-0.4, -0.2) is 5.33 Å². The minimum Gasteiger partial charge on any atom is -0.0991 e. The van der Waals surface area contributed by atoms with E-state index in [4.69, 9.17) is 0 Å². The van der Waals surface area contributed by atoms with Gasteiger partial charge in [0.05, 0.1) is 0 Å². The molecule has 0 N–H and O–H groups in total. The smallest absolute Gasteiger partial charge is 0.0282 e. The highest BCUT2D eigenvalue weighted by Gasteiger charge is 1.80. The average molecular weight is 203 g/mol. The summed E-state index contributed by atoms with van der Waals surface area (Å²) in [6.07, 6.45) is 5.47. The van der Waals surface area contributed by atoms with E-state index in [0.29, 0.717) is 0 Å². The monoisotopic (exact) mass is 202 g/mol. The van der Waals surface area contributed by atoms with Gasteiger partial charge >= 0.3 is 0 Å². The van der Waals surface area contributed by atoms with Crippen molar-refractivity contribution in [1.82, 2.24) is 0 Å².